The van der Waals surface area contributed by atoms with E-state index >= 15 is 0 Å². The van der Waals surface area contributed by atoms with E-state index in [1.165, 1.54) is 10.9 Å². The van der Waals surface area contributed by atoms with E-state index in [9.17, 15) is 4.21 Å². The first-order chi connectivity index (χ1) is 18.1. The molecular weight excluding hydrogens is 484 g/mol. The van der Waals surface area contributed by atoms with Crippen LogP contribution in [-0.2, 0) is 21.2 Å². The Morgan fingerprint density at radius 3 is 2.70 bits per heavy atom. The number of hydrogen-bond acceptors (Lipinski definition) is 8. The van der Waals surface area contributed by atoms with Crippen molar-refractivity contribution in [3.05, 3.63) is 90.8 Å². The largest absolute Gasteiger partial charge is 0.494 e. The molecule has 5 aromatic rings. The van der Waals surface area contributed by atoms with Gasteiger partial charge in [-0.25, -0.2) is 4.98 Å². The predicted molar refractivity (Wildman–Crippen MR) is 148 cm³/mol. The van der Waals surface area contributed by atoms with Crippen LogP contribution < -0.4 is 15.4 Å². The lowest BCUT2D eigenvalue weighted by Crippen LogP contribution is -2.09. The Bertz CT molecular complexity index is 1590. The van der Waals surface area contributed by atoms with Crippen molar-refractivity contribution in [2.45, 2.75) is 18.2 Å². The van der Waals surface area contributed by atoms with Crippen LogP contribution in [0, 0.1) is 4.78 Å². The van der Waals surface area contributed by atoms with Crippen molar-refractivity contribution in [2.75, 3.05) is 23.8 Å². The van der Waals surface area contributed by atoms with Crippen LogP contribution in [0.1, 0.15) is 12.5 Å². The highest BCUT2D eigenvalue weighted by Crippen LogP contribution is 2.29. The lowest BCUT2D eigenvalue weighted by atomic mass is 10.1. The molecule has 2 aromatic heterocycles. The fourth-order valence-electron chi connectivity index (χ4n) is 4.16. The minimum Gasteiger partial charge on any atom is -0.494 e. The summed E-state index contributed by atoms with van der Waals surface area (Å²) in [6.45, 7) is 3.24. The van der Waals surface area contributed by atoms with Gasteiger partial charge in [0.1, 0.15) is 11.6 Å². The average Bonchev–Trinajstić information content (AvgIpc) is 3.33. The number of H-pyrrole nitrogens is 1. The Morgan fingerprint density at radius 2 is 1.89 bits per heavy atom. The average molecular weight is 512 g/mol. The Kier molecular flexibility index (Phi) is 7.32. The highest BCUT2D eigenvalue weighted by molar-refractivity contribution is 7.73. The summed E-state index contributed by atoms with van der Waals surface area (Å²) >= 11 is 0. The van der Waals surface area contributed by atoms with E-state index in [0.29, 0.717) is 35.5 Å². The first-order valence-electron chi connectivity index (χ1n) is 12.0. The van der Waals surface area contributed by atoms with Crippen LogP contribution in [0.3, 0.4) is 0 Å². The lowest BCUT2D eigenvalue weighted by molar-refractivity contribution is 0.340. The van der Waals surface area contributed by atoms with Gasteiger partial charge < -0.3 is 29.3 Å². The molecule has 0 unspecified atom stereocenters. The third kappa shape index (κ3) is 5.73. The number of hydrogen-bond donors (Lipinski definition) is 4. The van der Waals surface area contributed by atoms with Gasteiger partial charge in [-0.3, -0.25) is 0 Å². The number of ether oxygens (including phenoxy) is 1. The molecule has 8 nitrogen and oxygen atoms in total. The highest BCUT2D eigenvalue weighted by Gasteiger charge is 2.11. The van der Waals surface area contributed by atoms with Crippen LogP contribution >= 0.6 is 0 Å². The van der Waals surface area contributed by atoms with Crippen molar-refractivity contribution < 1.29 is 8.95 Å². The van der Waals surface area contributed by atoms with E-state index in [1.54, 1.807) is 24.4 Å². The molecule has 3 aromatic carbocycles. The summed E-state index contributed by atoms with van der Waals surface area (Å²) in [5, 5.41) is 7.88. The normalized spacial score (nSPS) is 11.1. The van der Waals surface area contributed by atoms with Gasteiger partial charge in [-0.2, -0.15) is 15.6 Å². The van der Waals surface area contributed by atoms with Gasteiger partial charge in [0.05, 0.1) is 6.61 Å². The smallest absolute Gasteiger partial charge is 0.229 e. The summed E-state index contributed by atoms with van der Waals surface area (Å²) in [6, 6.07) is 23.0. The number of nitrogens with one attached hydrogen (secondary N) is 4. The van der Waals surface area contributed by atoms with E-state index in [2.05, 4.69) is 38.9 Å². The van der Waals surface area contributed by atoms with Gasteiger partial charge in [-0.05, 0) is 48.7 Å². The SMILES string of the molecule is CCOc1ccc(-c2cnc(Nc3cccc([S-](=N)=O)c3)nc2NCCc2c[nH]c3ccccc23)cc1. The van der Waals surface area contributed by atoms with Crippen LogP contribution in [0.25, 0.3) is 22.0 Å². The number of fused-ring (bicyclic) bond motifs is 1. The van der Waals surface area contributed by atoms with Crippen LogP contribution in [-0.4, -0.2) is 28.1 Å². The van der Waals surface area contributed by atoms with Gasteiger partial charge in [-0.15, -0.1) is 0 Å². The maximum Gasteiger partial charge on any atom is 0.229 e. The minimum absolute atomic E-state index is 0.400. The molecule has 0 saturated carbocycles. The number of anilines is 3. The van der Waals surface area contributed by atoms with E-state index in [0.717, 1.165) is 28.8 Å². The molecule has 0 bridgehead atoms. The molecule has 9 heteroatoms. The van der Waals surface area contributed by atoms with E-state index in [4.69, 9.17) is 14.5 Å². The first kappa shape index (κ1) is 24.3. The molecule has 4 N–H and O–H groups in total. The molecule has 0 aliphatic rings. The second-order valence-corrected chi connectivity index (χ2v) is 9.38. The number of aromatic amines is 1. The van der Waals surface area contributed by atoms with E-state index < -0.39 is 10.6 Å². The summed E-state index contributed by atoms with van der Waals surface area (Å²) in [5.74, 6) is 1.91. The highest BCUT2D eigenvalue weighted by atomic mass is 32.2. The van der Waals surface area contributed by atoms with Gasteiger partial charge in [-0.1, -0.05) is 53.4 Å². The Balaban J connectivity index is 1.41. The second kappa shape index (κ2) is 11.1. The molecule has 0 aliphatic heterocycles. The summed E-state index contributed by atoms with van der Waals surface area (Å²) in [7, 11) is -1.82. The zero-order valence-corrected chi connectivity index (χ0v) is 21.1. The zero-order chi connectivity index (χ0) is 25.6. The third-order valence-electron chi connectivity index (χ3n) is 5.93. The standard InChI is InChI=1S/C28H27N6O2S/c1-2-36-22-12-10-19(11-13-22)25-18-32-28(33-21-6-5-7-23(16-21)37(29)35)34-27(25)30-15-14-20-17-31-26-9-4-3-8-24(20)26/h3-13,16-18,29,31H,2,14-15H2,1H3,(H2,30,32,33,34)/q-1. The van der Waals surface area contributed by atoms with Crippen LogP contribution in [0.15, 0.2) is 90.1 Å². The summed E-state index contributed by atoms with van der Waals surface area (Å²) in [4.78, 5) is 13.0. The molecule has 2 heterocycles. The fraction of sp³-hybridized carbons (Fsp3) is 0.143. The summed E-state index contributed by atoms with van der Waals surface area (Å²) < 4.78 is 24.6. The second-order valence-electron chi connectivity index (χ2n) is 8.37. The van der Waals surface area contributed by atoms with Crippen molar-refractivity contribution in [3.63, 3.8) is 0 Å². The topological polar surface area (TPSA) is 116 Å². The first-order valence-corrected chi connectivity index (χ1v) is 13.1. The Labute approximate surface area is 217 Å². The number of nitrogens with zero attached hydrogens (tertiary/aromatic N) is 2. The van der Waals surface area contributed by atoms with Gasteiger partial charge in [0.2, 0.25) is 5.95 Å². The summed E-state index contributed by atoms with van der Waals surface area (Å²) in [6.07, 6.45) is 4.65. The molecule has 37 heavy (non-hydrogen) atoms. The molecular formula is C28H27N6O2S-. The quantitative estimate of drug-likeness (QED) is 0.159. The molecule has 0 radical (unpaired) electrons. The zero-order valence-electron chi connectivity index (χ0n) is 20.3. The molecule has 0 fully saturated rings. The maximum atomic E-state index is 11.6. The van der Waals surface area contributed by atoms with Crippen LogP contribution in [0.2, 0.25) is 0 Å². The van der Waals surface area contributed by atoms with Gasteiger partial charge in [0, 0.05) is 41.1 Å². The molecule has 0 atom stereocenters. The van der Waals surface area contributed by atoms with Crippen LogP contribution in [0.4, 0.5) is 17.5 Å². The van der Waals surface area contributed by atoms with Gasteiger partial charge in [0.15, 0.2) is 0 Å². The van der Waals surface area contributed by atoms with Gasteiger partial charge >= 0.3 is 0 Å². The van der Waals surface area contributed by atoms with E-state index in [1.807, 2.05) is 49.4 Å². The van der Waals surface area contributed by atoms with Crippen molar-refractivity contribution in [2.24, 2.45) is 0 Å². The monoisotopic (exact) mass is 511 g/mol. The lowest BCUT2D eigenvalue weighted by Gasteiger charge is -2.14. The number of benzene rings is 3. The predicted octanol–water partition coefficient (Wildman–Crippen LogP) is 6.51. The van der Waals surface area contributed by atoms with Crippen molar-refractivity contribution in [3.8, 4) is 16.9 Å². The molecule has 5 rings (SSSR count). The number of para-hydroxylation sites is 1. The number of rotatable bonds is 10. The third-order valence-corrected chi connectivity index (χ3v) is 6.61. The van der Waals surface area contributed by atoms with Crippen molar-refractivity contribution in [1.82, 2.24) is 15.0 Å². The molecule has 0 spiro atoms. The van der Waals surface area contributed by atoms with E-state index in [-0.39, 0.29) is 0 Å². The molecule has 0 saturated heterocycles. The molecule has 0 aliphatic carbocycles. The van der Waals surface area contributed by atoms with Crippen molar-refractivity contribution >= 4 is 39.0 Å². The Hall–Kier alpha value is -4.37. The molecule has 0 amide bonds. The maximum absolute atomic E-state index is 11.6. The van der Waals surface area contributed by atoms with Gasteiger partial charge in [0.25, 0.3) is 0 Å². The minimum atomic E-state index is -1.82. The number of aromatic nitrogens is 3. The van der Waals surface area contributed by atoms with Crippen LogP contribution in [0.5, 0.6) is 5.75 Å². The molecule has 188 valence electrons. The fourth-order valence-corrected chi connectivity index (χ4v) is 4.59. The Morgan fingerprint density at radius 1 is 1.05 bits per heavy atom. The summed E-state index contributed by atoms with van der Waals surface area (Å²) in [5.41, 5.74) is 4.86. The van der Waals surface area contributed by atoms with Crippen molar-refractivity contribution in [1.29, 1.82) is 4.78 Å².